The Morgan fingerprint density at radius 1 is 1.26 bits per heavy atom. The van der Waals surface area contributed by atoms with Crippen LogP contribution in [0.5, 0.6) is 0 Å². The van der Waals surface area contributed by atoms with Crippen LogP contribution in [0.1, 0.15) is 32.3 Å². The van der Waals surface area contributed by atoms with Gasteiger partial charge in [-0.2, -0.15) is 0 Å². The first kappa shape index (κ1) is 15.7. The van der Waals surface area contributed by atoms with Crippen molar-refractivity contribution in [3.05, 3.63) is 35.9 Å². The van der Waals surface area contributed by atoms with Crippen LogP contribution in [-0.4, -0.2) is 28.3 Å². The van der Waals surface area contributed by atoms with Crippen molar-refractivity contribution in [3.63, 3.8) is 0 Å². The quantitative estimate of drug-likeness (QED) is 0.672. The van der Waals surface area contributed by atoms with Crippen molar-refractivity contribution in [1.82, 2.24) is 5.32 Å². The third kappa shape index (κ3) is 6.36. The lowest BCUT2D eigenvalue weighted by molar-refractivity contribution is -0.139. The van der Waals surface area contributed by atoms with E-state index in [4.69, 9.17) is 5.11 Å². The maximum Gasteiger partial charge on any atom is 0.306 e. The highest BCUT2D eigenvalue weighted by atomic mass is 16.4. The number of carboxylic acid groups (broad SMARTS) is 1. The molecule has 0 saturated carbocycles. The molecular weight excluding hydrogens is 242 g/mol. The van der Waals surface area contributed by atoms with Crippen LogP contribution in [0.2, 0.25) is 0 Å². The fraction of sp³-hybridized carbons (Fsp3) is 0.533. The molecule has 0 spiro atoms. The van der Waals surface area contributed by atoms with E-state index in [0.29, 0.717) is 12.5 Å². The zero-order chi connectivity index (χ0) is 14.3. The fourth-order valence-corrected chi connectivity index (χ4v) is 2.05. The topological polar surface area (TPSA) is 69.6 Å². The monoisotopic (exact) mass is 265 g/mol. The van der Waals surface area contributed by atoms with Gasteiger partial charge < -0.3 is 15.5 Å². The Morgan fingerprint density at radius 3 is 2.42 bits per heavy atom. The first-order valence-electron chi connectivity index (χ1n) is 6.66. The molecule has 0 aromatic heterocycles. The van der Waals surface area contributed by atoms with Gasteiger partial charge in [0.25, 0.3) is 0 Å². The summed E-state index contributed by atoms with van der Waals surface area (Å²) in [5.41, 5.74) is 1.12. The predicted octanol–water partition coefficient (Wildman–Crippen LogP) is 2.03. The van der Waals surface area contributed by atoms with E-state index in [-0.39, 0.29) is 12.5 Å². The van der Waals surface area contributed by atoms with Crippen molar-refractivity contribution in [3.8, 4) is 0 Å². The van der Waals surface area contributed by atoms with Gasteiger partial charge in [0.05, 0.1) is 12.5 Å². The minimum Gasteiger partial charge on any atom is -0.481 e. The van der Waals surface area contributed by atoms with Crippen molar-refractivity contribution in [1.29, 1.82) is 0 Å². The Labute approximate surface area is 114 Å². The molecule has 0 unspecified atom stereocenters. The summed E-state index contributed by atoms with van der Waals surface area (Å²) < 4.78 is 0. The number of carbonyl (C=O) groups is 1. The van der Waals surface area contributed by atoms with Gasteiger partial charge in [-0.05, 0) is 17.9 Å². The number of aliphatic carboxylic acids is 1. The molecule has 3 N–H and O–H groups in total. The van der Waals surface area contributed by atoms with Crippen molar-refractivity contribution in [2.75, 3.05) is 0 Å². The fourth-order valence-electron chi connectivity index (χ4n) is 2.05. The van der Waals surface area contributed by atoms with E-state index >= 15 is 0 Å². The van der Waals surface area contributed by atoms with Crippen LogP contribution >= 0.6 is 0 Å². The number of benzene rings is 1. The molecule has 19 heavy (non-hydrogen) atoms. The van der Waals surface area contributed by atoms with Gasteiger partial charge in [0, 0.05) is 12.6 Å². The Hall–Kier alpha value is -1.39. The van der Waals surface area contributed by atoms with Crippen molar-refractivity contribution in [2.24, 2.45) is 5.92 Å². The number of hydrogen-bond acceptors (Lipinski definition) is 3. The highest BCUT2D eigenvalue weighted by molar-refractivity contribution is 5.67. The third-order valence-electron chi connectivity index (χ3n) is 2.98. The lowest BCUT2D eigenvalue weighted by Crippen LogP contribution is -2.41. The molecule has 4 heteroatoms. The van der Waals surface area contributed by atoms with Crippen LogP contribution in [-0.2, 0) is 11.3 Å². The molecule has 106 valence electrons. The van der Waals surface area contributed by atoms with E-state index in [9.17, 15) is 9.90 Å². The van der Waals surface area contributed by atoms with Crippen molar-refractivity contribution in [2.45, 2.75) is 45.4 Å². The Bertz CT molecular complexity index is 378. The SMILES string of the molecule is CC(C)C[C@H](NCc1ccccc1)[C@@H](O)CC(=O)O. The second-order valence-electron chi connectivity index (χ2n) is 5.27. The first-order chi connectivity index (χ1) is 8.99. The van der Waals surface area contributed by atoms with E-state index in [1.54, 1.807) is 0 Å². The summed E-state index contributed by atoms with van der Waals surface area (Å²) in [7, 11) is 0. The number of aliphatic hydroxyl groups is 1. The van der Waals surface area contributed by atoms with E-state index in [1.807, 2.05) is 30.3 Å². The number of carboxylic acids is 1. The summed E-state index contributed by atoms with van der Waals surface area (Å²) in [6, 6.07) is 9.68. The summed E-state index contributed by atoms with van der Waals surface area (Å²) in [6.07, 6.45) is -0.330. The molecule has 0 aliphatic heterocycles. The smallest absolute Gasteiger partial charge is 0.306 e. The summed E-state index contributed by atoms with van der Waals surface area (Å²) in [6.45, 7) is 4.75. The van der Waals surface area contributed by atoms with Gasteiger partial charge in [-0.3, -0.25) is 4.79 Å². The second kappa shape index (κ2) is 7.92. The van der Waals surface area contributed by atoms with Crippen LogP contribution in [0.15, 0.2) is 30.3 Å². The van der Waals surface area contributed by atoms with Gasteiger partial charge in [0.1, 0.15) is 0 Å². The molecule has 0 saturated heterocycles. The Balaban J connectivity index is 2.56. The average molecular weight is 265 g/mol. The molecule has 1 rings (SSSR count). The summed E-state index contributed by atoms with van der Waals surface area (Å²) in [5.74, 6) is -0.570. The number of nitrogens with one attached hydrogen (secondary N) is 1. The summed E-state index contributed by atoms with van der Waals surface area (Å²) in [4.78, 5) is 10.7. The van der Waals surface area contributed by atoms with Crippen molar-refractivity contribution < 1.29 is 15.0 Å². The molecule has 0 bridgehead atoms. The first-order valence-corrected chi connectivity index (χ1v) is 6.66. The molecule has 0 aliphatic carbocycles. The van der Waals surface area contributed by atoms with E-state index in [0.717, 1.165) is 12.0 Å². The Kier molecular flexibility index (Phi) is 6.53. The lowest BCUT2D eigenvalue weighted by Gasteiger charge is -2.25. The van der Waals surface area contributed by atoms with Gasteiger partial charge in [-0.1, -0.05) is 44.2 Å². The summed E-state index contributed by atoms with van der Waals surface area (Å²) in [5, 5.41) is 22.0. The Morgan fingerprint density at radius 2 is 1.89 bits per heavy atom. The largest absolute Gasteiger partial charge is 0.481 e. The molecule has 2 atom stereocenters. The molecule has 0 heterocycles. The van der Waals surface area contributed by atoms with E-state index < -0.39 is 12.1 Å². The van der Waals surface area contributed by atoms with Crippen LogP contribution < -0.4 is 5.32 Å². The van der Waals surface area contributed by atoms with Gasteiger partial charge in [0.15, 0.2) is 0 Å². The number of hydrogen-bond donors (Lipinski definition) is 3. The van der Waals surface area contributed by atoms with Gasteiger partial charge >= 0.3 is 5.97 Å². The molecule has 0 aliphatic rings. The summed E-state index contributed by atoms with van der Waals surface area (Å²) >= 11 is 0. The highest BCUT2D eigenvalue weighted by Crippen LogP contribution is 2.12. The molecule has 0 amide bonds. The van der Waals surface area contributed by atoms with Gasteiger partial charge in [-0.15, -0.1) is 0 Å². The van der Waals surface area contributed by atoms with E-state index in [1.165, 1.54) is 0 Å². The maximum absolute atomic E-state index is 10.7. The third-order valence-corrected chi connectivity index (χ3v) is 2.98. The second-order valence-corrected chi connectivity index (χ2v) is 5.27. The van der Waals surface area contributed by atoms with Crippen LogP contribution in [0.25, 0.3) is 0 Å². The molecule has 4 nitrogen and oxygen atoms in total. The molecule has 1 aromatic carbocycles. The number of aliphatic hydroxyl groups excluding tert-OH is 1. The number of rotatable bonds is 8. The van der Waals surface area contributed by atoms with Crippen LogP contribution in [0.4, 0.5) is 0 Å². The van der Waals surface area contributed by atoms with Crippen LogP contribution in [0, 0.1) is 5.92 Å². The average Bonchev–Trinajstić information content (AvgIpc) is 2.34. The van der Waals surface area contributed by atoms with Gasteiger partial charge in [-0.25, -0.2) is 0 Å². The maximum atomic E-state index is 10.7. The standard InChI is InChI=1S/C15H23NO3/c1-11(2)8-13(14(17)9-15(18)19)16-10-12-6-4-3-5-7-12/h3-7,11,13-14,16-17H,8-10H2,1-2H3,(H,18,19)/t13-,14-/m0/s1. The minimum atomic E-state index is -0.970. The zero-order valence-electron chi connectivity index (χ0n) is 11.5. The zero-order valence-corrected chi connectivity index (χ0v) is 11.5. The lowest BCUT2D eigenvalue weighted by atomic mass is 9.97. The molecule has 0 radical (unpaired) electrons. The molecule has 1 aromatic rings. The molecular formula is C15H23NO3. The van der Waals surface area contributed by atoms with Crippen molar-refractivity contribution >= 4 is 5.97 Å². The molecule has 0 fully saturated rings. The highest BCUT2D eigenvalue weighted by Gasteiger charge is 2.22. The predicted molar refractivity (Wildman–Crippen MR) is 74.8 cm³/mol. The normalized spacial score (nSPS) is 14.3. The minimum absolute atomic E-state index is 0.198. The van der Waals surface area contributed by atoms with Gasteiger partial charge in [0.2, 0.25) is 0 Å². The van der Waals surface area contributed by atoms with E-state index in [2.05, 4.69) is 19.2 Å². The van der Waals surface area contributed by atoms with Crippen LogP contribution in [0.3, 0.4) is 0 Å².